The number of ether oxygens (including phenoxy) is 1. The summed E-state index contributed by atoms with van der Waals surface area (Å²) in [6.07, 6.45) is 1.59. The predicted octanol–water partition coefficient (Wildman–Crippen LogP) is 5.04. The second-order valence-corrected chi connectivity index (χ2v) is 5.79. The van der Waals surface area contributed by atoms with E-state index < -0.39 is 0 Å². The van der Waals surface area contributed by atoms with Crippen LogP contribution in [0.1, 0.15) is 5.69 Å². The van der Waals surface area contributed by atoms with Gasteiger partial charge >= 0.3 is 0 Å². The van der Waals surface area contributed by atoms with Crippen molar-refractivity contribution in [3.63, 3.8) is 0 Å². The van der Waals surface area contributed by atoms with Gasteiger partial charge in [-0.25, -0.2) is 0 Å². The quantitative estimate of drug-likeness (QED) is 0.617. The molecule has 6 heteroatoms. The van der Waals surface area contributed by atoms with E-state index in [0.29, 0.717) is 23.8 Å². The van der Waals surface area contributed by atoms with Crippen molar-refractivity contribution < 1.29 is 13.7 Å². The molecule has 0 saturated carbocycles. The zero-order valence-corrected chi connectivity index (χ0v) is 13.3. The molecule has 0 saturated heterocycles. The molecule has 0 unspecified atom stereocenters. The molecular formula is C14H9Br2NO3. The van der Waals surface area contributed by atoms with E-state index in [1.165, 1.54) is 0 Å². The predicted molar refractivity (Wildman–Crippen MR) is 80.4 cm³/mol. The monoisotopic (exact) mass is 397 g/mol. The first-order valence-corrected chi connectivity index (χ1v) is 7.38. The van der Waals surface area contributed by atoms with Gasteiger partial charge in [-0.2, -0.15) is 0 Å². The first-order chi connectivity index (χ1) is 9.72. The number of hydrogen-bond acceptors (Lipinski definition) is 4. The van der Waals surface area contributed by atoms with Crippen LogP contribution in [0.5, 0.6) is 5.75 Å². The SMILES string of the molecule is Brc1ccc(OCc2cc(-c3ccco3)on2)c(Br)c1. The van der Waals surface area contributed by atoms with Gasteiger partial charge in [0.2, 0.25) is 5.76 Å². The molecule has 0 aliphatic carbocycles. The van der Waals surface area contributed by atoms with Gasteiger partial charge in [0.1, 0.15) is 18.1 Å². The lowest BCUT2D eigenvalue weighted by atomic mass is 10.3. The van der Waals surface area contributed by atoms with E-state index in [0.717, 1.165) is 14.7 Å². The van der Waals surface area contributed by atoms with E-state index in [9.17, 15) is 0 Å². The van der Waals surface area contributed by atoms with Gasteiger partial charge in [0.05, 0.1) is 10.7 Å². The van der Waals surface area contributed by atoms with Crippen LogP contribution in [0.15, 0.2) is 60.5 Å². The van der Waals surface area contributed by atoms with E-state index in [-0.39, 0.29) is 0 Å². The zero-order chi connectivity index (χ0) is 13.9. The molecule has 0 aliphatic rings. The highest BCUT2D eigenvalue weighted by Crippen LogP contribution is 2.29. The molecular weight excluding hydrogens is 390 g/mol. The average molecular weight is 399 g/mol. The third-order valence-corrected chi connectivity index (χ3v) is 3.71. The molecule has 3 rings (SSSR count). The first-order valence-electron chi connectivity index (χ1n) is 5.80. The molecule has 0 radical (unpaired) electrons. The van der Waals surface area contributed by atoms with Crippen molar-refractivity contribution in [2.75, 3.05) is 0 Å². The standard InChI is InChI=1S/C14H9Br2NO3/c15-9-3-4-12(11(16)6-9)19-8-10-7-14(20-17-10)13-2-1-5-18-13/h1-7H,8H2. The van der Waals surface area contributed by atoms with Gasteiger partial charge in [-0.05, 0) is 46.3 Å². The summed E-state index contributed by atoms with van der Waals surface area (Å²) in [7, 11) is 0. The minimum Gasteiger partial charge on any atom is -0.486 e. The third-order valence-electron chi connectivity index (χ3n) is 2.59. The van der Waals surface area contributed by atoms with Crippen LogP contribution < -0.4 is 4.74 Å². The summed E-state index contributed by atoms with van der Waals surface area (Å²) in [6.45, 7) is 0.324. The normalized spacial score (nSPS) is 10.7. The molecule has 0 bridgehead atoms. The Morgan fingerprint density at radius 1 is 1.10 bits per heavy atom. The fourth-order valence-electron chi connectivity index (χ4n) is 1.66. The van der Waals surface area contributed by atoms with E-state index in [1.54, 1.807) is 18.4 Å². The lowest BCUT2D eigenvalue weighted by Crippen LogP contribution is -1.95. The van der Waals surface area contributed by atoms with Crippen LogP contribution >= 0.6 is 31.9 Å². The van der Waals surface area contributed by atoms with Crippen molar-refractivity contribution in [1.82, 2.24) is 5.16 Å². The Labute approximate surface area is 132 Å². The molecule has 102 valence electrons. The molecule has 0 fully saturated rings. The molecule has 20 heavy (non-hydrogen) atoms. The number of aromatic nitrogens is 1. The Bertz CT molecular complexity index is 707. The molecule has 0 spiro atoms. The summed E-state index contributed by atoms with van der Waals surface area (Å²) < 4.78 is 18.0. The van der Waals surface area contributed by atoms with Crippen molar-refractivity contribution >= 4 is 31.9 Å². The highest BCUT2D eigenvalue weighted by Gasteiger charge is 2.10. The van der Waals surface area contributed by atoms with Crippen LogP contribution in [-0.2, 0) is 6.61 Å². The molecule has 1 aromatic carbocycles. The number of nitrogens with zero attached hydrogens (tertiary/aromatic N) is 1. The van der Waals surface area contributed by atoms with Crippen LogP contribution in [0.4, 0.5) is 0 Å². The Morgan fingerprint density at radius 3 is 2.75 bits per heavy atom. The topological polar surface area (TPSA) is 48.4 Å². The van der Waals surface area contributed by atoms with Gasteiger partial charge in [0, 0.05) is 10.5 Å². The molecule has 0 amide bonds. The summed E-state index contributed by atoms with van der Waals surface area (Å²) >= 11 is 6.84. The first kappa shape index (κ1) is 13.5. The smallest absolute Gasteiger partial charge is 0.202 e. The summed E-state index contributed by atoms with van der Waals surface area (Å²) in [6, 6.07) is 11.1. The largest absolute Gasteiger partial charge is 0.486 e. The number of hydrogen-bond donors (Lipinski definition) is 0. The van der Waals surface area contributed by atoms with Crippen LogP contribution in [0.25, 0.3) is 11.5 Å². The Morgan fingerprint density at radius 2 is 2.00 bits per heavy atom. The minimum atomic E-state index is 0.324. The highest BCUT2D eigenvalue weighted by molar-refractivity contribution is 9.11. The third kappa shape index (κ3) is 2.96. The molecule has 0 atom stereocenters. The zero-order valence-electron chi connectivity index (χ0n) is 10.2. The van der Waals surface area contributed by atoms with Crippen molar-refractivity contribution in [2.24, 2.45) is 0 Å². The summed E-state index contributed by atoms with van der Waals surface area (Å²) in [4.78, 5) is 0. The van der Waals surface area contributed by atoms with Gasteiger partial charge in [-0.1, -0.05) is 21.1 Å². The maximum absolute atomic E-state index is 5.69. The molecule has 4 nitrogen and oxygen atoms in total. The second-order valence-electron chi connectivity index (χ2n) is 4.02. The second kappa shape index (κ2) is 5.85. The lowest BCUT2D eigenvalue weighted by molar-refractivity contribution is 0.288. The van der Waals surface area contributed by atoms with Gasteiger partial charge in [-0.3, -0.25) is 0 Å². The molecule has 2 heterocycles. The Balaban J connectivity index is 1.70. The Hall–Kier alpha value is -1.53. The fraction of sp³-hybridized carbons (Fsp3) is 0.0714. The average Bonchev–Trinajstić information content (AvgIpc) is 3.08. The van der Waals surface area contributed by atoms with Gasteiger partial charge < -0.3 is 13.7 Å². The highest BCUT2D eigenvalue weighted by atomic mass is 79.9. The van der Waals surface area contributed by atoms with E-state index in [1.807, 2.05) is 24.3 Å². The Kier molecular flexibility index (Phi) is 3.93. The van der Waals surface area contributed by atoms with Gasteiger partial charge in [-0.15, -0.1) is 0 Å². The van der Waals surface area contributed by atoms with Crippen LogP contribution in [0.3, 0.4) is 0 Å². The summed E-state index contributed by atoms with van der Waals surface area (Å²) in [5, 5.41) is 3.95. The molecule has 0 aliphatic heterocycles. The van der Waals surface area contributed by atoms with Gasteiger partial charge in [0.25, 0.3) is 0 Å². The molecule has 3 aromatic rings. The number of furan rings is 1. The van der Waals surface area contributed by atoms with Crippen LogP contribution in [-0.4, -0.2) is 5.16 Å². The molecule has 0 N–H and O–H groups in total. The van der Waals surface area contributed by atoms with E-state index in [4.69, 9.17) is 13.7 Å². The number of benzene rings is 1. The molecule has 2 aromatic heterocycles. The van der Waals surface area contributed by atoms with Crippen molar-refractivity contribution in [2.45, 2.75) is 6.61 Å². The minimum absolute atomic E-state index is 0.324. The van der Waals surface area contributed by atoms with E-state index in [2.05, 4.69) is 37.0 Å². The van der Waals surface area contributed by atoms with E-state index >= 15 is 0 Å². The maximum Gasteiger partial charge on any atom is 0.202 e. The van der Waals surface area contributed by atoms with Crippen molar-refractivity contribution in [1.29, 1.82) is 0 Å². The summed E-state index contributed by atoms with van der Waals surface area (Å²) in [5.41, 5.74) is 0.700. The van der Waals surface area contributed by atoms with Crippen molar-refractivity contribution in [3.05, 3.63) is 57.3 Å². The lowest BCUT2D eigenvalue weighted by Gasteiger charge is -2.06. The number of rotatable bonds is 4. The van der Waals surface area contributed by atoms with Crippen molar-refractivity contribution in [3.8, 4) is 17.3 Å². The van der Waals surface area contributed by atoms with Gasteiger partial charge in [0.15, 0.2) is 5.76 Å². The fourth-order valence-corrected chi connectivity index (χ4v) is 2.82. The summed E-state index contributed by atoms with van der Waals surface area (Å²) in [5.74, 6) is 1.98. The van der Waals surface area contributed by atoms with Crippen LogP contribution in [0.2, 0.25) is 0 Å². The number of halogens is 2. The maximum atomic E-state index is 5.69. The van der Waals surface area contributed by atoms with Crippen LogP contribution in [0, 0.1) is 0 Å².